The fourth-order valence-corrected chi connectivity index (χ4v) is 3.52. The van der Waals surface area contributed by atoms with Gasteiger partial charge in [-0.1, -0.05) is 6.92 Å². The van der Waals surface area contributed by atoms with Crippen LogP contribution in [0.4, 0.5) is 10.2 Å². The second kappa shape index (κ2) is 7.87. The van der Waals surface area contributed by atoms with Gasteiger partial charge in [-0.2, -0.15) is 5.10 Å². The molecule has 2 atom stereocenters. The number of piperidine rings is 1. The van der Waals surface area contributed by atoms with Crippen LogP contribution in [0.15, 0.2) is 30.3 Å². The number of aryl methyl sites for hydroxylation is 1. The number of carboxylic acid groups (broad SMARTS) is 1. The quantitative estimate of drug-likeness (QED) is 0.839. The molecule has 2 aromatic rings. The van der Waals surface area contributed by atoms with Crippen molar-refractivity contribution >= 4 is 17.7 Å². The fourth-order valence-electron chi connectivity index (χ4n) is 3.52. The molecule has 0 aliphatic carbocycles. The topological polar surface area (TPSA) is 87.5 Å². The van der Waals surface area contributed by atoms with E-state index in [1.54, 1.807) is 29.8 Å². The van der Waals surface area contributed by atoms with Crippen molar-refractivity contribution in [2.75, 3.05) is 25.0 Å². The lowest BCUT2D eigenvalue weighted by atomic mass is 9.90. The SMILES string of the molecule is Cc1cc(NC(=O)CN2CC(C)CC(C(=O)O)C2)n(-c2ccc(F)cc2)n1. The normalized spacial score (nSPS) is 20.4. The summed E-state index contributed by atoms with van der Waals surface area (Å²) in [4.78, 5) is 25.7. The van der Waals surface area contributed by atoms with Crippen LogP contribution in [0.1, 0.15) is 19.0 Å². The predicted octanol–water partition coefficient (Wildman–Crippen LogP) is 2.30. The molecule has 1 aromatic heterocycles. The lowest BCUT2D eigenvalue weighted by Gasteiger charge is -2.34. The highest BCUT2D eigenvalue weighted by Crippen LogP contribution is 2.22. The average molecular weight is 374 g/mol. The predicted molar refractivity (Wildman–Crippen MR) is 98.2 cm³/mol. The van der Waals surface area contributed by atoms with Crippen LogP contribution in [0.25, 0.3) is 5.69 Å². The molecule has 2 N–H and O–H groups in total. The van der Waals surface area contributed by atoms with E-state index in [0.29, 0.717) is 36.7 Å². The minimum absolute atomic E-state index is 0.113. The third-order valence-corrected chi connectivity index (χ3v) is 4.62. The van der Waals surface area contributed by atoms with E-state index in [9.17, 15) is 19.1 Å². The van der Waals surface area contributed by atoms with Gasteiger partial charge in [-0.05, 0) is 43.5 Å². The Bertz CT molecular complexity index is 834. The number of carbonyl (C=O) groups is 2. The van der Waals surface area contributed by atoms with E-state index in [-0.39, 0.29) is 24.2 Å². The number of aromatic nitrogens is 2. The highest BCUT2D eigenvalue weighted by molar-refractivity contribution is 5.91. The van der Waals surface area contributed by atoms with Crippen LogP contribution >= 0.6 is 0 Å². The van der Waals surface area contributed by atoms with Crippen molar-refractivity contribution in [3.63, 3.8) is 0 Å². The van der Waals surface area contributed by atoms with Gasteiger partial charge in [0.15, 0.2) is 0 Å². The molecule has 1 saturated heterocycles. The number of likely N-dealkylation sites (tertiary alicyclic amines) is 1. The number of aliphatic carboxylic acids is 1. The highest BCUT2D eigenvalue weighted by Gasteiger charge is 2.30. The molecule has 2 heterocycles. The van der Waals surface area contributed by atoms with Crippen molar-refractivity contribution in [3.05, 3.63) is 41.8 Å². The van der Waals surface area contributed by atoms with Gasteiger partial charge in [0, 0.05) is 19.2 Å². The molecule has 1 amide bonds. The van der Waals surface area contributed by atoms with Crippen LogP contribution in [0.3, 0.4) is 0 Å². The second-order valence-electron chi connectivity index (χ2n) is 7.18. The first-order chi connectivity index (χ1) is 12.8. The summed E-state index contributed by atoms with van der Waals surface area (Å²) in [6.45, 7) is 4.96. The summed E-state index contributed by atoms with van der Waals surface area (Å²) in [6.07, 6.45) is 0.629. The summed E-state index contributed by atoms with van der Waals surface area (Å²) in [5, 5.41) is 16.4. The fraction of sp³-hybridized carbons (Fsp3) is 0.421. The van der Waals surface area contributed by atoms with Crippen LogP contribution < -0.4 is 5.32 Å². The zero-order valence-corrected chi connectivity index (χ0v) is 15.4. The van der Waals surface area contributed by atoms with E-state index in [4.69, 9.17) is 0 Å². The maximum Gasteiger partial charge on any atom is 0.307 e. The van der Waals surface area contributed by atoms with Gasteiger partial charge >= 0.3 is 5.97 Å². The lowest BCUT2D eigenvalue weighted by Crippen LogP contribution is -2.45. The first-order valence-corrected chi connectivity index (χ1v) is 8.89. The van der Waals surface area contributed by atoms with Crippen molar-refractivity contribution in [1.29, 1.82) is 0 Å². The van der Waals surface area contributed by atoms with Gasteiger partial charge in [-0.25, -0.2) is 9.07 Å². The molecule has 0 spiro atoms. The zero-order chi connectivity index (χ0) is 19.6. The Morgan fingerprint density at radius 1 is 1.30 bits per heavy atom. The minimum atomic E-state index is -0.822. The van der Waals surface area contributed by atoms with Crippen LogP contribution in [0.2, 0.25) is 0 Å². The molecule has 27 heavy (non-hydrogen) atoms. The first-order valence-electron chi connectivity index (χ1n) is 8.89. The molecule has 1 fully saturated rings. The number of hydrogen-bond donors (Lipinski definition) is 2. The smallest absolute Gasteiger partial charge is 0.307 e. The Morgan fingerprint density at radius 3 is 2.67 bits per heavy atom. The molecular weight excluding hydrogens is 351 g/mol. The van der Waals surface area contributed by atoms with Crippen molar-refractivity contribution in [3.8, 4) is 5.69 Å². The van der Waals surface area contributed by atoms with E-state index >= 15 is 0 Å². The van der Waals surface area contributed by atoms with E-state index in [0.717, 1.165) is 0 Å². The van der Waals surface area contributed by atoms with Gasteiger partial charge < -0.3 is 10.4 Å². The number of nitrogens with one attached hydrogen (secondary N) is 1. The van der Waals surface area contributed by atoms with Crippen LogP contribution in [0.5, 0.6) is 0 Å². The van der Waals surface area contributed by atoms with Gasteiger partial charge in [0.2, 0.25) is 5.91 Å². The number of rotatable bonds is 5. The van der Waals surface area contributed by atoms with Gasteiger partial charge in [0.05, 0.1) is 23.8 Å². The number of benzene rings is 1. The molecule has 0 bridgehead atoms. The van der Waals surface area contributed by atoms with Crippen LogP contribution in [0, 0.1) is 24.6 Å². The molecule has 1 aromatic carbocycles. The molecule has 0 saturated carbocycles. The summed E-state index contributed by atoms with van der Waals surface area (Å²) in [5.41, 5.74) is 1.35. The minimum Gasteiger partial charge on any atom is -0.481 e. The summed E-state index contributed by atoms with van der Waals surface area (Å²) < 4.78 is 14.7. The molecule has 8 heteroatoms. The second-order valence-corrected chi connectivity index (χ2v) is 7.18. The number of anilines is 1. The molecule has 2 unspecified atom stereocenters. The van der Waals surface area contributed by atoms with E-state index < -0.39 is 11.9 Å². The molecule has 144 valence electrons. The Morgan fingerprint density at radius 2 is 2.00 bits per heavy atom. The van der Waals surface area contributed by atoms with Crippen molar-refractivity contribution < 1.29 is 19.1 Å². The average Bonchev–Trinajstić information content (AvgIpc) is 2.95. The van der Waals surface area contributed by atoms with E-state index in [2.05, 4.69) is 10.4 Å². The third kappa shape index (κ3) is 4.71. The summed E-state index contributed by atoms with van der Waals surface area (Å²) in [7, 11) is 0. The first kappa shape index (κ1) is 19.0. The molecular formula is C19H23FN4O3. The number of hydrogen-bond acceptors (Lipinski definition) is 4. The maximum atomic E-state index is 13.2. The molecule has 1 aliphatic heterocycles. The van der Waals surface area contributed by atoms with E-state index in [1.807, 2.05) is 11.8 Å². The number of halogens is 1. The van der Waals surface area contributed by atoms with Crippen molar-refractivity contribution in [2.24, 2.45) is 11.8 Å². The third-order valence-electron chi connectivity index (χ3n) is 4.62. The Hall–Kier alpha value is -2.74. The summed E-state index contributed by atoms with van der Waals surface area (Å²) >= 11 is 0. The van der Waals surface area contributed by atoms with Gasteiger partial charge in [0.25, 0.3) is 0 Å². The zero-order valence-electron chi connectivity index (χ0n) is 15.4. The summed E-state index contributed by atoms with van der Waals surface area (Å²) in [5.74, 6) is -1.15. The van der Waals surface area contributed by atoms with Crippen LogP contribution in [-0.2, 0) is 9.59 Å². The van der Waals surface area contributed by atoms with Gasteiger partial charge in [-0.15, -0.1) is 0 Å². The Balaban J connectivity index is 1.69. The molecule has 0 radical (unpaired) electrons. The summed E-state index contributed by atoms with van der Waals surface area (Å²) in [6, 6.07) is 7.57. The molecule has 1 aliphatic rings. The number of carboxylic acids is 1. The maximum absolute atomic E-state index is 13.2. The van der Waals surface area contributed by atoms with Crippen LogP contribution in [-0.4, -0.2) is 51.3 Å². The Kier molecular flexibility index (Phi) is 5.55. The van der Waals surface area contributed by atoms with E-state index in [1.165, 1.54) is 12.1 Å². The van der Waals surface area contributed by atoms with Gasteiger partial charge in [0.1, 0.15) is 11.6 Å². The lowest BCUT2D eigenvalue weighted by molar-refractivity contribution is -0.144. The Labute approximate surface area is 156 Å². The molecule has 3 rings (SSSR count). The standard InChI is InChI=1S/C19H23FN4O3/c1-12-7-14(19(26)27)10-23(9-12)11-18(25)21-17-8-13(2)22-24(17)16-5-3-15(20)4-6-16/h3-6,8,12,14H,7,9-11H2,1-2H3,(H,21,25)(H,26,27). The van der Waals surface area contributed by atoms with Crippen molar-refractivity contribution in [2.45, 2.75) is 20.3 Å². The number of nitrogens with zero attached hydrogens (tertiary/aromatic N) is 3. The monoisotopic (exact) mass is 374 g/mol. The number of carbonyl (C=O) groups excluding carboxylic acids is 1. The largest absolute Gasteiger partial charge is 0.481 e. The highest BCUT2D eigenvalue weighted by atomic mass is 19.1. The number of amides is 1. The van der Waals surface area contributed by atoms with Crippen molar-refractivity contribution in [1.82, 2.24) is 14.7 Å². The van der Waals surface area contributed by atoms with Gasteiger partial charge in [-0.3, -0.25) is 14.5 Å². The molecule has 7 nitrogen and oxygen atoms in total.